The van der Waals surface area contributed by atoms with Gasteiger partial charge in [0.2, 0.25) is 21.8 Å². The summed E-state index contributed by atoms with van der Waals surface area (Å²) >= 11 is 12.4. The highest BCUT2D eigenvalue weighted by atomic mass is 35.5. The summed E-state index contributed by atoms with van der Waals surface area (Å²) in [6.45, 7) is 5.61. The molecule has 0 aliphatic rings. The van der Waals surface area contributed by atoms with E-state index >= 15 is 0 Å². The van der Waals surface area contributed by atoms with Gasteiger partial charge in [0.1, 0.15) is 12.6 Å². The average molecular weight is 543 g/mol. The molecule has 0 radical (unpaired) electrons. The standard InChI is InChI=1S/C25H33Cl2N3O4S/c1-5-7-14-28-25(32)18(3)29(16-20-12-13-21(26)15-22(20)27)24(31)17-30(35(4,33)34)23-11-9-8-10-19(23)6-2/h8-13,15,18H,5-7,14,16-17H2,1-4H3,(H,28,32). The van der Waals surface area contributed by atoms with E-state index in [1.165, 1.54) is 4.90 Å². The van der Waals surface area contributed by atoms with Gasteiger partial charge in [0.05, 0.1) is 11.9 Å². The van der Waals surface area contributed by atoms with E-state index in [1.807, 2.05) is 26.0 Å². The van der Waals surface area contributed by atoms with Crippen molar-refractivity contribution in [3.05, 3.63) is 63.6 Å². The summed E-state index contributed by atoms with van der Waals surface area (Å²) in [5.74, 6) is -0.845. The van der Waals surface area contributed by atoms with Crippen LogP contribution in [0.2, 0.25) is 10.0 Å². The van der Waals surface area contributed by atoms with Crippen molar-refractivity contribution in [2.45, 2.75) is 52.6 Å². The van der Waals surface area contributed by atoms with E-state index in [9.17, 15) is 18.0 Å². The lowest BCUT2D eigenvalue weighted by Gasteiger charge is -2.32. The van der Waals surface area contributed by atoms with Crippen molar-refractivity contribution < 1.29 is 18.0 Å². The van der Waals surface area contributed by atoms with Crippen LogP contribution in [0.5, 0.6) is 0 Å². The zero-order chi connectivity index (χ0) is 26.2. The first kappa shape index (κ1) is 28.9. The van der Waals surface area contributed by atoms with Crippen LogP contribution < -0.4 is 9.62 Å². The smallest absolute Gasteiger partial charge is 0.244 e. The number of amides is 2. The topological polar surface area (TPSA) is 86.8 Å². The maximum Gasteiger partial charge on any atom is 0.244 e. The third kappa shape index (κ3) is 8.12. The number of carbonyl (C=O) groups excluding carboxylic acids is 2. The number of nitrogens with zero attached hydrogens (tertiary/aromatic N) is 2. The van der Waals surface area contributed by atoms with E-state index in [4.69, 9.17) is 23.2 Å². The molecule has 1 unspecified atom stereocenters. The molecule has 0 fully saturated rings. The number of anilines is 1. The Morgan fingerprint density at radius 2 is 1.74 bits per heavy atom. The van der Waals surface area contributed by atoms with Crippen LogP contribution in [0.3, 0.4) is 0 Å². The predicted molar refractivity (Wildman–Crippen MR) is 142 cm³/mol. The van der Waals surface area contributed by atoms with Gasteiger partial charge < -0.3 is 10.2 Å². The van der Waals surface area contributed by atoms with Crippen molar-refractivity contribution in [2.75, 3.05) is 23.7 Å². The van der Waals surface area contributed by atoms with Crippen LogP contribution in [-0.2, 0) is 32.6 Å². The molecule has 35 heavy (non-hydrogen) atoms. The number of rotatable bonds is 12. The van der Waals surface area contributed by atoms with Gasteiger partial charge in [-0.1, -0.05) is 67.7 Å². The Morgan fingerprint density at radius 3 is 2.34 bits per heavy atom. The van der Waals surface area contributed by atoms with Gasteiger partial charge in [0.15, 0.2) is 0 Å². The minimum atomic E-state index is -3.79. The molecule has 0 spiro atoms. The molecular weight excluding hydrogens is 509 g/mol. The second kappa shape index (κ2) is 13.1. The van der Waals surface area contributed by atoms with Crippen LogP contribution in [-0.4, -0.2) is 50.5 Å². The SMILES string of the molecule is CCCCNC(=O)C(C)N(Cc1ccc(Cl)cc1Cl)C(=O)CN(c1ccccc1CC)S(C)(=O)=O. The normalized spacial score (nSPS) is 12.2. The summed E-state index contributed by atoms with van der Waals surface area (Å²) < 4.78 is 26.5. The fraction of sp³-hybridized carbons (Fsp3) is 0.440. The van der Waals surface area contributed by atoms with Gasteiger partial charge in [-0.05, 0) is 49.1 Å². The Morgan fingerprint density at radius 1 is 1.06 bits per heavy atom. The fourth-order valence-corrected chi connectivity index (χ4v) is 4.95. The zero-order valence-corrected chi connectivity index (χ0v) is 22.9. The van der Waals surface area contributed by atoms with E-state index in [2.05, 4.69) is 5.32 Å². The van der Waals surface area contributed by atoms with Gasteiger partial charge in [-0.25, -0.2) is 8.42 Å². The Hall–Kier alpha value is -2.29. The van der Waals surface area contributed by atoms with E-state index in [0.29, 0.717) is 34.3 Å². The van der Waals surface area contributed by atoms with E-state index in [0.717, 1.165) is 29.0 Å². The number of carbonyl (C=O) groups is 2. The Bertz CT molecular complexity index is 1140. The van der Waals surface area contributed by atoms with Crippen LogP contribution in [0.1, 0.15) is 44.7 Å². The first-order valence-corrected chi connectivity index (χ1v) is 14.2. The van der Waals surface area contributed by atoms with Crippen molar-refractivity contribution in [3.63, 3.8) is 0 Å². The molecule has 1 atom stereocenters. The lowest BCUT2D eigenvalue weighted by molar-refractivity contribution is -0.139. The van der Waals surface area contributed by atoms with Crippen molar-refractivity contribution in [1.82, 2.24) is 10.2 Å². The average Bonchev–Trinajstić information content (AvgIpc) is 2.80. The number of hydrogen-bond acceptors (Lipinski definition) is 4. The molecule has 0 aromatic heterocycles. The molecule has 10 heteroatoms. The second-order valence-corrected chi connectivity index (χ2v) is 11.1. The molecule has 0 heterocycles. The summed E-state index contributed by atoms with van der Waals surface area (Å²) in [6.07, 6.45) is 3.38. The summed E-state index contributed by atoms with van der Waals surface area (Å²) in [5, 5.41) is 3.64. The third-order valence-electron chi connectivity index (χ3n) is 5.67. The fourth-order valence-electron chi connectivity index (χ4n) is 3.60. The Labute approximate surface area is 218 Å². The van der Waals surface area contributed by atoms with E-state index in [1.54, 1.807) is 37.3 Å². The van der Waals surface area contributed by atoms with Crippen LogP contribution >= 0.6 is 23.2 Å². The molecule has 192 valence electrons. The molecule has 1 N–H and O–H groups in total. The molecule has 0 aliphatic heterocycles. The molecule has 0 saturated heterocycles. The van der Waals surface area contributed by atoms with Crippen LogP contribution in [0, 0.1) is 0 Å². The maximum absolute atomic E-state index is 13.6. The number of benzene rings is 2. The second-order valence-electron chi connectivity index (χ2n) is 8.33. The molecule has 2 aromatic carbocycles. The number of nitrogens with one attached hydrogen (secondary N) is 1. The summed E-state index contributed by atoms with van der Waals surface area (Å²) in [4.78, 5) is 27.8. The highest BCUT2D eigenvalue weighted by molar-refractivity contribution is 7.92. The number of para-hydroxylation sites is 1. The maximum atomic E-state index is 13.6. The highest BCUT2D eigenvalue weighted by Crippen LogP contribution is 2.26. The van der Waals surface area contributed by atoms with E-state index < -0.39 is 28.5 Å². The Balaban J connectivity index is 2.42. The van der Waals surface area contributed by atoms with Gasteiger partial charge in [-0.15, -0.1) is 0 Å². The first-order chi connectivity index (χ1) is 16.5. The quantitative estimate of drug-likeness (QED) is 0.396. The van der Waals surface area contributed by atoms with Crippen molar-refractivity contribution in [1.29, 1.82) is 0 Å². The molecule has 0 bridgehead atoms. The Kier molecular flexibility index (Phi) is 10.9. The largest absolute Gasteiger partial charge is 0.354 e. The number of hydrogen-bond donors (Lipinski definition) is 1. The summed E-state index contributed by atoms with van der Waals surface area (Å²) in [5.41, 5.74) is 1.83. The van der Waals surface area contributed by atoms with Crippen molar-refractivity contribution in [2.24, 2.45) is 0 Å². The van der Waals surface area contributed by atoms with Gasteiger partial charge in [-0.2, -0.15) is 0 Å². The highest BCUT2D eigenvalue weighted by Gasteiger charge is 2.31. The number of unbranched alkanes of at least 4 members (excludes halogenated alkanes) is 1. The minimum absolute atomic E-state index is 0.0181. The van der Waals surface area contributed by atoms with Crippen LogP contribution in [0.4, 0.5) is 5.69 Å². The number of sulfonamides is 1. The minimum Gasteiger partial charge on any atom is -0.354 e. The molecule has 0 saturated carbocycles. The van der Waals surface area contributed by atoms with Crippen LogP contribution in [0.15, 0.2) is 42.5 Å². The zero-order valence-electron chi connectivity index (χ0n) is 20.6. The molecule has 0 aliphatic carbocycles. The van der Waals surface area contributed by atoms with Gasteiger partial charge in [0.25, 0.3) is 0 Å². The predicted octanol–water partition coefficient (Wildman–Crippen LogP) is 4.66. The monoisotopic (exact) mass is 541 g/mol. The lowest BCUT2D eigenvalue weighted by Crippen LogP contribution is -2.51. The first-order valence-electron chi connectivity index (χ1n) is 11.6. The summed E-state index contributed by atoms with van der Waals surface area (Å²) in [7, 11) is -3.79. The summed E-state index contributed by atoms with van der Waals surface area (Å²) in [6, 6.07) is 11.1. The number of halogens is 2. The van der Waals surface area contributed by atoms with Crippen molar-refractivity contribution in [3.8, 4) is 0 Å². The molecular formula is C25H33Cl2N3O4S. The van der Waals surface area contributed by atoms with E-state index in [-0.39, 0.29) is 12.5 Å². The molecule has 2 amide bonds. The molecule has 7 nitrogen and oxygen atoms in total. The molecule has 2 rings (SSSR count). The van der Waals surface area contributed by atoms with Crippen molar-refractivity contribution >= 4 is 50.7 Å². The van der Waals surface area contributed by atoms with Crippen LogP contribution in [0.25, 0.3) is 0 Å². The van der Waals surface area contributed by atoms with Gasteiger partial charge in [-0.3, -0.25) is 13.9 Å². The van der Waals surface area contributed by atoms with Gasteiger partial charge >= 0.3 is 0 Å². The lowest BCUT2D eigenvalue weighted by atomic mass is 10.1. The molecule has 2 aromatic rings. The van der Waals surface area contributed by atoms with Gasteiger partial charge in [0, 0.05) is 23.1 Å². The number of aryl methyl sites for hydroxylation is 1. The third-order valence-corrected chi connectivity index (χ3v) is 7.39.